The Labute approximate surface area is 107 Å². The van der Waals surface area contributed by atoms with E-state index in [1.165, 1.54) is 10.9 Å². The third-order valence-corrected chi connectivity index (χ3v) is 2.40. The van der Waals surface area contributed by atoms with Crippen LogP contribution in [0.2, 0.25) is 0 Å². The van der Waals surface area contributed by atoms with Gasteiger partial charge >= 0.3 is 6.18 Å². The molecule has 4 nitrogen and oxygen atoms in total. The quantitative estimate of drug-likeness (QED) is 0.869. The first-order valence-corrected chi connectivity index (χ1v) is 5.54. The van der Waals surface area contributed by atoms with Gasteiger partial charge in [0.2, 0.25) is 0 Å². The minimum atomic E-state index is -4.41. The van der Waals surface area contributed by atoms with Gasteiger partial charge in [-0.2, -0.15) is 18.3 Å². The van der Waals surface area contributed by atoms with Gasteiger partial charge in [0.25, 0.3) is 0 Å². The van der Waals surface area contributed by atoms with Crippen LogP contribution in [0.1, 0.15) is 5.69 Å². The van der Waals surface area contributed by atoms with Crippen LogP contribution in [-0.2, 0) is 12.7 Å². The third-order valence-electron chi connectivity index (χ3n) is 2.40. The zero-order valence-corrected chi connectivity index (χ0v) is 9.89. The van der Waals surface area contributed by atoms with Crippen molar-refractivity contribution in [2.75, 3.05) is 12.3 Å². The number of nitrogens with two attached hydrogens (primary N) is 1. The summed E-state index contributed by atoms with van der Waals surface area (Å²) in [6.07, 6.45) is -3.14. The standard InChI is InChI=1S/C12H12F3N3O/c13-12(14,15)11-5-6-18(17-11)7-8-19-10-3-1-9(16)2-4-10/h1-6H,7-8,16H2. The highest BCUT2D eigenvalue weighted by atomic mass is 19.4. The summed E-state index contributed by atoms with van der Waals surface area (Å²) in [7, 11) is 0. The lowest BCUT2D eigenvalue weighted by molar-refractivity contribution is -0.141. The number of nitrogen functional groups attached to an aromatic ring is 1. The molecule has 2 aromatic rings. The van der Waals surface area contributed by atoms with Crippen molar-refractivity contribution < 1.29 is 17.9 Å². The number of hydrogen-bond acceptors (Lipinski definition) is 3. The van der Waals surface area contributed by atoms with Gasteiger partial charge in [0.15, 0.2) is 5.69 Å². The van der Waals surface area contributed by atoms with Crippen LogP contribution in [-0.4, -0.2) is 16.4 Å². The summed E-state index contributed by atoms with van der Waals surface area (Å²) in [4.78, 5) is 0. The summed E-state index contributed by atoms with van der Waals surface area (Å²) >= 11 is 0. The second-order valence-corrected chi connectivity index (χ2v) is 3.88. The van der Waals surface area contributed by atoms with Gasteiger partial charge in [0, 0.05) is 11.9 Å². The van der Waals surface area contributed by atoms with Crippen molar-refractivity contribution in [1.82, 2.24) is 9.78 Å². The van der Waals surface area contributed by atoms with Crippen LogP contribution in [0.5, 0.6) is 5.75 Å². The van der Waals surface area contributed by atoms with Crippen molar-refractivity contribution in [2.24, 2.45) is 0 Å². The van der Waals surface area contributed by atoms with Crippen LogP contribution in [0.4, 0.5) is 18.9 Å². The van der Waals surface area contributed by atoms with E-state index in [9.17, 15) is 13.2 Å². The van der Waals surface area contributed by atoms with E-state index < -0.39 is 11.9 Å². The van der Waals surface area contributed by atoms with Crippen LogP contribution in [0.15, 0.2) is 36.5 Å². The number of hydrogen-bond donors (Lipinski definition) is 1. The Kier molecular flexibility index (Phi) is 3.64. The van der Waals surface area contributed by atoms with E-state index in [4.69, 9.17) is 10.5 Å². The molecule has 102 valence electrons. The summed E-state index contributed by atoms with van der Waals surface area (Å²) in [5.74, 6) is 0.609. The van der Waals surface area contributed by atoms with Gasteiger partial charge in [-0.05, 0) is 30.3 Å². The molecule has 0 unspecified atom stereocenters. The van der Waals surface area contributed by atoms with Crippen LogP contribution in [0.3, 0.4) is 0 Å². The fraction of sp³-hybridized carbons (Fsp3) is 0.250. The van der Waals surface area contributed by atoms with E-state index in [0.717, 1.165) is 6.07 Å². The van der Waals surface area contributed by atoms with Gasteiger partial charge in [0.05, 0.1) is 6.54 Å². The van der Waals surface area contributed by atoms with Crippen LogP contribution < -0.4 is 10.5 Å². The topological polar surface area (TPSA) is 53.1 Å². The lowest BCUT2D eigenvalue weighted by Crippen LogP contribution is -2.11. The first-order valence-electron chi connectivity index (χ1n) is 5.54. The minimum Gasteiger partial charge on any atom is -0.492 e. The molecule has 2 N–H and O–H groups in total. The predicted molar refractivity (Wildman–Crippen MR) is 63.6 cm³/mol. The van der Waals surface area contributed by atoms with Crippen molar-refractivity contribution in [3.05, 3.63) is 42.2 Å². The summed E-state index contributed by atoms with van der Waals surface area (Å²) in [6.45, 7) is 0.462. The molecule has 0 fully saturated rings. The van der Waals surface area contributed by atoms with E-state index in [1.54, 1.807) is 24.3 Å². The molecule has 0 atom stereocenters. The average molecular weight is 271 g/mol. The molecule has 0 bridgehead atoms. The van der Waals surface area contributed by atoms with E-state index >= 15 is 0 Å². The Morgan fingerprint density at radius 2 is 1.84 bits per heavy atom. The molecular weight excluding hydrogens is 259 g/mol. The molecule has 1 aromatic heterocycles. The molecule has 0 aliphatic carbocycles. The van der Waals surface area contributed by atoms with Crippen molar-refractivity contribution in [2.45, 2.75) is 12.7 Å². The first kappa shape index (κ1) is 13.3. The second kappa shape index (κ2) is 5.21. The van der Waals surface area contributed by atoms with Crippen LogP contribution in [0, 0.1) is 0 Å². The number of alkyl halides is 3. The Balaban J connectivity index is 1.86. The Morgan fingerprint density at radius 3 is 2.42 bits per heavy atom. The number of halogens is 3. The number of anilines is 1. The molecule has 1 aromatic carbocycles. The van der Waals surface area contributed by atoms with E-state index in [0.29, 0.717) is 11.4 Å². The minimum absolute atomic E-state index is 0.225. The number of nitrogens with zero attached hydrogens (tertiary/aromatic N) is 2. The summed E-state index contributed by atoms with van der Waals surface area (Å²) < 4.78 is 43.5. The lowest BCUT2D eigenvalue weighted by atomic mass is 10.3. The molecule has 0 spiro atoms. The van der Waals surface area contributed by atoms with Crippen molar-refractivity contribution >= 4 is 5.69 Å². The number of aromatic nitrogens is 2. The van der Waals surface area contributed by atoms with Gasteiger partial charge in [-0.1, -0.05) is 0 Å². The zero-order chi connectivity index (χ0) is 13.9. The van der Waals surface area contributed by atoms with E-state index in [-0.39, 0.29) is 13.2 Å². The van der Waals surface area contributed by atoms with Gasteiger partial charge < -0.3 is 10.5 Å². The summed E-state index contributed by atoms with van der Waals surface area (Å²) in [6, 6.07) is 7.69. The fourth-order valence-corrected chi connectivity index (χ4v) is 1.46. The number of ether oxygens (including phenoxy) is 1. The van der Waals surface area contributed by atoms with Gasteiger partial charge in [-0.15, -0.1) is 0 Å². The van der Waals surface area contributed by atoms with Gasteiger partial charge in [0.1, 0.15) is 12.4 Å². The maximum absolute atomic E-state index is 12.3. The molecule has 7 heteroatoms. The van der Waals surface area contributed by atoms with Crippen molar-refractivity contribution in [1.29, 1.82) is 0 Å². The number of rotatable bonds is 4. The van der Waals surface area contributed by atoms with Crippen molar-refractivity contribution in [3.63, 3.8) is 0 Å². The highest BCUT2D eigenvalue weighted by molar-refractivity contribution is 5.41. The normalized spacial score (nSPS) is 11.5. The van der Waals surface area contributed by atoms with Gasteiger partial charge in [-0.3, -0.25) is 4.68 Å². The highest BCUT2D eigenvalue weighted by Gasteiger charge is 2.33. The molecule has 0 saturated heterocycles. The maximum atomic E-state index is 12.3. The fourth-order valence-electron chi connectivity index (χ4n) is 1.46. The third kappa shape index (κ3) is 3.64. The summed E-state index contributed by atoms with van der Waals surface area (Å²) in [5.41, 5.74) is 5.23. The zero-order valence-electron chi connectivity index (χ0n) is 9.89. The molecule has 0 amide bonds. The molecule has 19 heavy (non-hydrogen) atoms. The molecule has 2 rings (SSSR count). The second-order valence-electron chi connectivity index (χ2n) is 3.88. The Bertz CT molecular complexity index is 534. The number of benzene rings is 1. The van der Waals surface area contributed by atoms with Gasteiger partial charge in [-0.25, -0.2) is 0 Å². The molecule has 1 heterocycles. The maximum Gasteiger partial charge on any atom is 0.435 e. The van der Waals surface area contributed by atoms with E-state index in [2.05, 4.69) is 5.10 Å². The monoisotopic (exact) mass is 271 g/mol. The Morgan fingerprint density at radius 1 is 1.16 bits per heavy atom. The molecule has 0 radical (unpaired) electrons. The molecule has 0 aliphatic heterocycles. The molecule has 0 aliphatic rings. The first-order chi connectivity index (χ1) is 8.95. The molecule has 0 saturated carbocycles. The predicted octanol–water partition coefficient (Wildman–Crippen LogP) is 2.56. The van der Waals surface area contributed by atoms with Crippen LogP contribution in [0.25, 0.3) is 0 Å². The lowest BCUT2D eigenvalue weighted by Gasteiger charge is -2.06. The smallest absolute Gasteiger partial charge is 0.435 e. The van der Waals surface area contributed by atoms with Crippen LogP contribution >= 0.6 is 0 Å². The summed E-state index contributed by atoms with van der Waals surface area (Å²) in [5, 5.41) is 3.42. The average Bonchev–Trinajstić information content (AvgIpc) is 2.80. The largest absolute Gasteiger partial charge is 0.492 e. The highest BCUT2D eigenvalue weighted by Crippen LogP contribution is 2.27. The van der Waals surface area contributed by atoms with E-state index in [1.807, 2.05) is 0 Å². The SMILES string of the molecule is Nc1ccc(OCCn2ccc(C(F)(F)F)n2)cc1. The molecular formula is C12H12F3N3O. The Hall–Kier alpha value is -2.18. The van der Waals surface area contributed by atoms with Crippen molar-refractivity contribution in [3.8, 4) is 5.75 Å².